The Bertz CT molecular complexity index is 508. The Hall–Kier alpha value is -1.56. The number of hydrogen-bond acceptors (Lipinski definition) is 3. The smallest absolute Gasteiger partial charge is 0.323 e. The van der Waals surface area contributed by atoms with Crippen LogP contribution in [0.1, 0.15) is 34.1 Å². The second-order valence-corrected chi connectivity index (χ2v) is 6.77. The highest BCUT2D eigenvalue weighted by molar-refractivity contribution is 5.89. The van der Waals surface area contributed by atoms with Gasteiger partial charge in [0.2, 0.25) is 0 Å². The summed E-state index contributed by atoms with van der Waals surface area (Å²) < 4.78 is 6.83. The maximum atomic E-state index is 12.3. The molecular formula is C15H26N4O2. The molecule has 6 nitrogen and oxygen atoms in total. The highest BCUT2D eigenvalue weighted by Crippen LogP contribution is 2.46. The largest absolute Gasteiger partial charge is 0.385 e. The van der Waals surface area contributed by atoms with Crippen LogP contribution in [0, 0.1) is 5.41 Å². The summed E-state index contributed by atoms with van der Waals surface area (Å²) in [4.78, 5) is 14.2. The van der Waals surface area contributed by atoms with E-state index >= 15 is 0 Å². The fraction of sp³-hybridized carbons (Fsp3) is 0.733. The molecule has 1 fully saturated rings. The molecule has 2 amide bonds. The van der Waals surface area contributed by atoms with Crippen molar-refractivity contribution in [3.63, 3.8) is 0 Å². The number of methoxy groups -OCH3 is 1. The predicted octanol–water partition coefficient (Wildman–Crippen LogP) is 2.57. The molecule has 118 valence electrons. The van der Waals surface area contributed by atoms with E-state index in [9.17, 15) is 4.79 Å². The number of urea groups is 1. The molecule has 2 rings (SSSR count). The van der Waals surface area contributed by atoms with Gasteiger partial charge in [-0.15, -0.1) is 0 Å². The molecule has 1 aliphatic rings. The topological polar surface area (TPSA) is 59.4 Å². The van der Waals surface area contributed by atoms with Gasteiger partial charge in [0.15, 0.2) is 5.82 Å². The molecule has 1 N–H and O–H groups in total. The SMILES string of the molecule is COCCCn1ccc(NC(=O)N2CC(C)(C)C2(C)C)n1. The number of likely N-dealkylation sites (tertiary alicyclic amines) is 1. The van der Waals surface area contributed by atoms with Gasteiger partial charge in [-0.25, -0.2) is 4.79 Å². The molecular weight excluding hydrogens is 268 g/mol. The number of ether oxygens (including phenoxy) is 1. The summed E-state index contributed by atoms with van der Waals surface area (Å²) in [6.07, 6.45) is 2.77. The Morgan fingerprint density at radius 3 is 2.71 bits per heavy atom. The zero-order chi connectivity index (χ0) is 15.7. The molecule has 0 bridgehead atoms. The zero-order valence-corrected chi connectivity index (χ0v) is 13.6. The first-order valence-electron chi connectivity index (χ1n) is 7.39. The lowest BCUT2D eigenvalue weighted by Crippen LogP contribution is -2.71. The number of anilines is 1. The molecule has 2 heterocycles. The van der Waals surface area contributed by atoms with Gasteiger partial charge in [0.05, 0.1) is 0 Å². The van der Waals surface area contributed by atoms with E-state index in [1.54, 1.807) is 7.11 Å². The Morgan fingerprint density at radius 1 is 1.43 bits per heavy atom. The lowest BCUT2D eigenvalue weighted by Gasteiger charge is -2.60. The van der Waals surface area contributed by atoms with Gasteiger partial charge in [-0.05, 0) is 20.3 Å². The average Bonchev–Trinajstić information content (AvgIpc) is 2.84. The van der Waals surface area contributed by atoms with Gasteiger partial charge < -0.3 is 9.64 Å². The predicted molar refractivity (Wildman–Crippen MR) is 82.3 cm³/mol. The summed E-state index contributed by atoms with van der Waals surface area (Å²) in [5, 5.41) is 7.22. The van der Waals surface area contributed by atoms with Crippen LogP contribution in [-0.2, 0) is 11.3 Å². The van der Waals surface area contributed by atoms with E-state index in [1.807, 2.05) is 21.8 Å². The second-order valence-electron chi connectivity index (χ2n) is 6.77. The minimum Gasteiger partial charge on any atom is -0.385 e. The van der Waals surface area contributed by atoms with E-state index in [0.29, 0.717) is 12.4 Å². The number of carbonyl (C=O) groups excluding carboxylic acids is 1. The van der Waals surface area contributed by atoms with E-state index in [0.717, 1.165) is 19.5 Å². The maximum absolute atomic E-state index is 12.3. The van der Waals surface area contributed by atoms with Crippen molar-refractivity contribution < 1.29 is 9.53 Å². The molecule has 6 heteroatoms. The van der Waals surface area contributed by atoms with Gasteiger partial charge in [0.25, 0.3) is 0 Å². The normalized spacial score (nSPS) is 19.2. The van der Waals surface area contributed by atoms with Gasteiger partial charge in [-0.2, -0.15) is 5.10 Å². The van der Waals surface area contributed by atoms with Crippen molar-refractivity contribution in [3.8, 4) is 0 Å². The third-order valence-electron chi connectivity index (χ3n) is 4.74. The third kappa shape index (κ3) is 3.05. The van der Waals surface area contributed by atoms with Gasteiger partial charge in [0, 0.05) is 50.0 Å². The van der Waals surface area contributed by atoms with Crippen molar-refractivity contribution in [2.45, 2.75) is 46.2 Å². The molecule has 0 unspecified atom stereocenters. The number of carbonyl (C=O) groups is 1. The minimum absolute atomic E-state index is 0.0820. The van der Waals surface area contributed by atoms with Crippen LogP contribution in [0.2, 0.25) is 0 Å². The molecule has 0 aliphatic carbocycles. The quantitative estimate of drug-likeness (QED) is 0.849. The number of hydrogen-bond donors (Lipinski definition) is 1. The fourth-order valence-corrected chi connectivity index (χ4v) is 2.49. The third-order valence-corrected chi connectivity index (χ3v) is 4.74. The number of aromatic nitrogens is 2. The molecule has 0 aromatic carbocycles. The maximum Gasteiger partial charge on any atom is 0.323 e. The summed E-state index contributed by atoms with van der Waals surface area (Å²) in [6.45, 7) is 10.8. The standard InChI is InChI=1S/C15H26N4O2/c1-14(2)11-19(15(14,3)4)13(20)16-12-7-9-18(17-12)8-6-10-21-5/h7,9H,6,8,10-11H2,1-5H3,(H,16,17,20). The monoisotopic (exact) mass is 294 g/mol. The molecule has 0 spiro atoms. The van der Waals surface area contributed by atoms with E-state index in [-0.39, 0.29) is 17.0 Å². The second kappa shape index (κ2) is 5.67. The number of rotatable bonds is 5. The van der Waals surface area contributed by atoms with Crippen LogP contribution in [0.3, 0.4) is 0 Å². The van der Waals surface area contributed by atoms with Crippen LogP contribution < -0.4 is 5.32 Å². The minimum atomic E-state index is -0.141. The van der Waals surface area contributed by atoms with Gasteiger partial charge in [-0.1, -0.05) is 13.8 Å². The van der Waals surface area contributed by atoms with Crippen LogP contribution in [0.15, 0.2) is 12.3 Å². The number of nitrogens with zero attached hydrogens (tertiary/aromatic N) is 3. The van der Waals surface area contributed by atoms with E-state index < -0.39 is 0 Å². The van der Waals surface area contributed by atoms with Crippen molar-refractivity contribution in [2.75, 3.05) is 25.6 Å². The Morgan fingerprint density at radius 2 is 2.14 bits per heavy atom. The first kappa shape index (κ1) is 15.8. The van der Waals surface area contributed by atoms with Crippen molar-refractivity contribution >= 4 is 11.8 Å². The lowest BCUT2D eigenvalue weighted by atomic mass is 9.65. The molecule has 1 aromatic heterocycles. The molecule has 1 saturated heterocycles. The summed E-state index contributed by atoms with van der Waals surface area (Å²) in [6, 6.07) is 1.74. The summed E-state index contributed by atoms with van der Waals surface area (Å²) in [5.74, 6) is 0.595. The summed E-state index contributed by atoms with van der Waals surface area (Å²) in [5.41, 5.74) is 0.00195. The molecule has 0 saturated carbocycles. The van der Waals surface area contributed by atoms with Crippen LogP contribution in [-0.4, -0.2) is 46.5 Å². The average molecular weight is 294 g/mol. The summed E-state index contributed by atoms with van der Waals surface area (Å²) in [7, 11) is 1.69. The first-order chi connectivity index (χ1) is 9.78. The van der Waals surface area contributed by atoms with Gasteiger partial charge in [-0.3, -0.25) is 10.00 Å². The van der Waals surface area contributed by atoms with Gasteiger partial charge >= 0.3 is 6.03 Å². The zero-order valence-electron chi connectivity index (χ0n) is 13.6. The van der Waals surface area contributed by atoms with E-state index in [4.69, 9.17) is 4.74 Å². The van der Waals surface area contributed by atoms with E-state index in [2.05, 4.69) is 38.1 Å². The molecule has 1 aliphatic heterocycles. The molecule has 0 atom stereocenters. The number of nitrogens with one attached hydrogen (secondary N) is 1. The Balaban J connectivity index is 1.89. The molecule has 1 aromatic rings. The van der Waals surface area contributed by atoms with E-state index in [1.165, 1.54) is 0 Å². The highest BCUT2D eigenvalue weighted by atomic mass is 16.5. The number of aryl methyl sites for hydroxylation is 1. The Labute approximate surface area is 126 Å². The van der Waals surface area contributed by atoms with Crippen molar-refractivity contribution in [2.24, 2.45) is 5.41 Å². The lowest BCUT2D eigenvalue weighted by molar-refractivity contribution is -0.0770. The number of amides is 2. The van der Waals surface area contributed by atoms with Crippen molar-refractivity contribution in [3.05, 3.63) is 12.3 Å². The molecule has 21 heavy (non-hydrogen) atoms. The molecule has 0 radical (unpaired) electrons. The first-order valence-corrected chi connectivity index (χ1v) is 7.39. The van der Waals surface area contributed by atoms with Crippen LogP contribution in [0.25, 0.3) is 0 Å². The summed E-state index contributed by atoms with van der Waals surface area (Å²) >= 11 is 0. The van der Waals surface area contributed by atoms with Gasteiger partial charge in [0.1, 0.15) is 0 Å². The van der Waals surface area contributed by atoms with Crippen molar-refractivity contribution in [1.29, 1.82) is 0 Å². The Kier molecular flexibility index (Phi) is 4.27. The van der Waals surface area contributed by atoms with Crippen LogP contribution in [0.4, 0.5) is 10.6 Å². The fourth-order valence-electron chi connectivity index (χ4n) is 2.49. The highest BCUT2D eigenvalue weighted by Gasteiger charge is 2.54. The van der Waals surface area contributed by atoms with Crippen molar-refractivity contribution in [1.82, 2.24) is 14.7 Å². The van der Waals surface area contributed by atoms with Crippen LogP contribution >= 0.6 is 0 Å². The van der Waals surface area contributed by atoms with Crippen LogP contribution in [0.5, 0.6) is 0 Å².